The van der Waals surface area contributed by atoms with Gasteiger partial charge in [-0.2, -0.15) is 0 Å². The molecule has 1 fully saturated rings. The maximum absolute atomic E-state index is 15.4. The molecule has 0 aromatic heterocycles. The number of likely N-dealkylation sites (tertiary alicyclic amines) is 1. The van der Waals surface area contributed by atoms with E-state index in [1.165, 1.54) is 12.0 Å². The minimum Gasteiger partial charge on any atom is -0.444 e. The van der Waals surface area contributed by atoms with Gasteiger partial charge in [-0.1, -0.05) is 28.1 Å². The number of amides is 1. The summed E-state index contributed by atoms with van der Waals surface area (Å²) < 4.78 is 27.1. The van der Waals surface area contributed by atoms with E-state index >= 15 is 4.39 Å². The van der Waals surface area contributed by atoms with Gasteiger partial charge in [0.05, 0.1) is 6.54 Å². The van der Waals surface area contributed by atoms with E-state index in [0.29, 0.717) is 6.54 Å². The Morgan fingerprint density at radius 1 is 1.35 bits per heavy atom. The molecule has 2 atom stereocenters. The summed E-state index contributed by atoms with van der Waals surface area (Å²) in [5, 5.41) is 0. The van der Waals surface area contributed by atoms with Crippen molar-refractivity contribution in [3.8, 4) is 0 Å². The first-order valence-corrected chi connectivity index (χ1v) is 8.39. The Morgan fingerprint density at radius 2 is 1.96 bits per heavy atom. The van der Waals surface area contributed by atoms with Crippen molar-refractivity contribution >= 4 is 22.0 Å². The molecule has 1 heterocycles. The Bertz CT molecular complexity index is 558. The number of hydrogen-bond donors (Lipinski definition) is 0. The number of nitrogens with zero attached hydrogens (tertiary/aromatic N) is 1. The molecule has 1 aromatic rings. The molecule has 23 heavy (non-hydrogen) atoms. The molecule has 2 rings (SSSR count). The van der Waals surface area contributed by atoms with Gasteiger partial charge in [0, 0.05) is 24.5 Å². The number of carbonyl (C=O) groups excluding carboxylic acids is 1. The number of hydrogen-bond acceptors (Lipinski definition) is 3. The predicted molar refractivity (Wildman–Crippen MR) is 90.2 cm³/mol. The molecule has 4 nitrogen and oxygen atoms in total. The van der Waals surface area contributed by atoms with E-state index < -0.39 is 23.5 Å². The zero-order valence-corrected chi connectivity index (χ0v) is 15.5. The highest BCUT2D eigenvalue weighted by Gasteiger charge is 2.48. The summed E-state index contributed by atoms with van der Waals surface area (Å²) in [5.41, 5.74) is -1.46. The number of carbonyl (C=O) groups is 1. The van der Waals surface area contributed by atoms with Gasteiger partial charge in [-0.15, -0.1) is 0 Å². The summed E-state index contributed by atoms with van der Waals surface area (Å²) in [6.45, 7) is 5.68. The van der Waals surface area contributed by atoms with Gasteiger partial charge in [-0.3, -0.25) is 0 Å². The molecule has 1 aliphatic rings. The molecular formula is C17H23BrFNO3. The van der Waals surface area contributed by atoms with E-state index in [4.69, 9.17) is 9.47 Å². The van der Waals surface area contributed by atoms with Crippen LogP contribution in [0.15, 0.2) is 28.7 Å². The van der Waals surface area contributed by atoms with Crippen LogP contribution in [0.25, 0.3) is 0 Å². The maximum Gasteiger partial charge on any atom is 0.410 e. The second-order valence-electron chi connectivity index (χ2n) is 6.85. The van der Waals surface area contributed by atoms with E-state index in [0.717, 1.165) is 10.0 Å². The first kappa shape index (κ1) is 18.2. The average Bonchev–Trinajstić information content (AvgIpc) is 2.83. The summed E-state index contributed by atoms with van der Waals surface area (Å²) in [5.74, 6) is 0. The average molecular weight is 388 g/mol. The zero-order chi connectivity index (χ0) is 17.3. The van der Waals surface area contributed by atoms with E-state index in [1.54, 1.807) is 20.8 Å². The lowest BCUT2D eigenvalue weighted by molar-refractivity contribution is -0.0362. The van der Waals surface area contributed by atoms with Crippen molar-refractivity contribution in [3.63, 3.8) is 0 Å². The molecule has 0 bridgehead atoms. The minimum atomic E-state index is -1.63. The number of rotatable bonds is 3. The molecule has 1 aliphatic heterocycles. The number of halogens is 2. The number of alkyl halides is 1. The van der Waals surface area contributed by atoms with Crippen LogP contribution in [0.5, 0.6) is 0 Å². The van der Waals surface area contributed by atoms with Gasteiger partial charge < -0.3 is 14.4 Å². The first-order valence-electron chi connectivity index (χ1n) is 7.60. The molecule has 1 aromatic carbocycles. The van der Waals surface area contributed by atoms with Gasteiger partial charge in [-0.25, -0.2) is 9.18 Å². The molecule has 6 heteroatoms. The molecule has 0 aliphatic carbocycles. The lowest BCUT2D eigenvalue weighted by Gasteiger charge is -2.30. The third kappa shape index (κ3) is 4.44. The normalized spacial score (nSPS) is 23.0. The van der Waals surface area contributed by atoms with Crippen molar-refractivity contribution in [2.24, 2.45) is 0 Å². The summed E-state index contributed by atoms with van der Waals surface area (Å²) in [6, 6.07) is 7.36. The quantitative estimate of drug-likeness (QED) is 0.766. The van der Waals surface area contributed by atoms with Crippen LogP contribution >= 0.6 is 15.9 Å². The summed E-state index contributed by atoms with van der Waals surface area (Å²) in [7, 11) is 1.49. The fourth-order valence-electron chi connectivity index (χ4n) is 2.78. The van der Waals surface area contributed by atoms with Crippen molar-refractivity contribution in [1.29, 1.82) is 0 Å². The number of ether oxygens (including phenoxy) is 2. The molecule has 0 N–H and O–H groups in total. The Labute approximate surface area is 145 Å². The number of methoxy groups -OCH3 is 1. The van der Waals surface area contributed by atoms with Crippen molar-refractivity contribution < 1.29 is 18.7 Å². The lowest BCUT2D eigenvalue weighted by atomic mass is 9.92. The second-order valence-corrected chi connectivity index (χ2v) is 7.77. The topological polar surface area (TPSA) is 38.8 Å². The first-order chi connectivity index (χ1) is 10.6. The van der Waals surface area contributed by atoms with Gasteiger partial charge in [0.1, 0.15) is 11.7 Å². The Balaban J connectivity index is 2.12. The van der Waals surface area contributed by atoms with Crippen molar-refractivity contribution in [1.82, 2.24) is 4.90 Å². The van der Waals surface area contributed by atoms with Crippen LogP contribution in [-0.2, 0) is 9.47 Å². The molecule has 0 radical (unpaired) electrons. The molecule has 2 unspecified atom stereocenters. The van der Waals surface area contributed by atoms with Crippen molar-refractivity contribution in [2.75, 3.05) is 20.2 Å². The van der Waals surface area contributed by atoms with Crippen molar-refractivity contribution in [3.05, 3.63) is 34.3 Å². The summed E-state index contributed by atoms with van der Waals surface area (Å²) in [6.07, 6.45) is -0.980. The summed E-state index contributed by atoms with van der Waals surface area (Å²) in [4.78, 5) is 13.5. The largest absolute Gasteiger partial charge is 0.444 e. The molecule has 1 saturated heterocycles. The van der Waals surface area contributed by atoms with Crippen LogP contribution in [0.3, 0.4) is 0 Å². The predicted octanol–water partition coefficient (Wildman–Crippen LogP) is 4.49. The van der Waals surface area contributed by atoms with E-state index in [1.807, 2.05) is 24.3 Å². The summed E-state index contributed by atoms with van der Waals surface area (Å²) >= 11 is 3.37. The Kier molecular flexibility index (Phi) is 5.36. The monoisotopic (exact) mass is 387 g/mol. The number of benzene rings is 1. The Hall–Kier alpha value is -1.14. The SMILES string of the molecule is COC(c1ccc(Br)cc1)C1(F)CCN(C(=O)OC(C)(C)C)C1. The van der Waals surface area contributed by atoms with Crippen LogP contribution in [0.1, 0.15) is 38.9 Å². The van der Waals surface area contributed by atoms with Gasteiger partial charge >= 0.3 is 6.09 Å². The van der Waals surface area contributed by atoms with E-state index in [-0.39, 0.29) is 13.0 Å². The molecular weight excluding hydrogens is 365 g/mol. The third-order valence-electron chi connectivity index (χ3n) is 3.78. The van der Waals surface area contributed by atoms with Crippen LogP contribution in [0.4, 0.5) is 9.18 Å². The van der Waals surface area contributed by atoms with Gasteiger partial charge in [0.2, 0.25) is 0 Å². The zero-order valence-electron chi connectivity index (χ0n) is 13.9. The standard InChI is InChI=1S/C17H23BrFNO3/c1-16(2,3)23-15(21)20-10-9-17(19,11-20)14(22-4)12-5-7-13(18)8-6-12/h5-8,14H,9-11H2,1-4H3. The highest BCUT2D eigenvalue weighted by molar-refractivity contribution is 9.10. The van der Waals surface area contributed by atoms with Crippen LogP contribution < -0.4 is 0 Å². The second kappa shape index (κ2) is 6.77. The maximum atomic E-state index is 15.4. The van der Waals surface area contributed by atoms with Gasteiger partial charge in [0.25, 0.3) is 0 Å². The fraction of sp³-hybridized carbons (Fsp3) is 0.588. The van der Waals surface area contributed by atoms with Crippen LogP contribution in [0.2, 0.25) is 0 Å². The Morgan fingerprint density at radius 3 is 2.48 bits per heavy atom. The van der Waals surface area contributed by atoms with Crippen LogP contribution in [0, 0.1) is 0 Å². The molecule has 0 saturated carbocycles. The van der Waals surface area contributed by atoms with Crippen molar-refractivity contribution in [2.45, 2.75) is 44.6 Å². The van der Waals surface area contributed by atoms with Gasteiger partial charge in [0.15, 0.2) is 5.67 Å². The molecule has 0 spiro atoms. The highest BCUT2D eigenvalue weighted by Crippen LogP contribution is 2.40. The lowest BCUT2D eigenvalue weighted by Crippen LogP contribution is -2.40. The third-order valence-corrected chi connectivity index (χ3v) is 4.31. The smallest absolute Gasteiger partial charge is 0.410 e. The van der Waals surface area contributed by atoms with E-state index in [2.05, 4.69) is 15.9 Å². The fourth-order valence-corrected chi connectivity index (χ4v) is 3.04. The van der Waals surface area contributed by atoms with E-state index in [9.17, 15) is 4.79 Å². The van der Waals surface area contributed by atoms with Crippen LogP contribution in [-0.4, -0.2) is 42.5 Å². The highest BCUT2D eigenvalue weighted by atomic mass is 79.9. The molecule has 128 valence electrons. The molecule has 1 amide bonds. The minimum absolute atomic E-state index is 0.0313. The van der Waals surface area contributed by atoms with Gasteiger partial charge in [-0.05, 0) is 38.5 Å².